The third-order valence-electron chi connectivity index (χ3n) is 6.37. The zero-order chi connectivity index (χ0) is 22.5. The van der Waals surface area contributed by atoms with Crippen molar-refractivity contribution in [2.45, 2.75) is 38.3 Å². The second-order valence-corrected chi connectivity index (χ2v) is 9.32. The molecule has 3 aromatic rings. The van der Waals surface area contributed by atoms with Crippen molar-refractivity contribution in [2.24, 2.45) is 5.92 Å². The number of fused-ring (bicyclic) bond motifs is 1. The van der Waals surface area contributed by atoms with Crippen molar-refractivity contribution in [1.82, 2.24) is 10.3 Å². The van der Waals surface area contributed by atoms with Gasteiger partial charge in [0.15, 0.2) is 0 Å². The van der Waals surface area contributed by atoms with Crippen LogP contribution in [0.5, 0.6) is 5.75 Å². The van der Waals surface area contributed by atoms with Crippen molar-refractivity contribution in [1.29, 1.82) is 0 Å². The van der Waals surface area contributed by atoms with Crippen LogP contribution in [0.25, 0.3) is 10.9 Å². The number of nitrogens with zero attached hydrogens (tertiary/aromatic N) is 2. The third-order valence-corrected chi connectivity index (χ3v) is 6.61. The minimum absolute atomic E-state index is 0.478. The van der Waals surface area contributed by atoms with E-state index in [0.717, 1.165) is 35.7 Å². The highest BCUT2D eigenvalue weighted by Crippen LogP contribution is 2.30. The molecule has 170 valence electrons. The maximum atomic E-state index is 6.06. The number of aromatic nitrogens is 1. The Morgan fingerprint density at radius 1 is 1.06 bits per heavy atom. The largest absolute Gasteiger partial charge is 0.496 e. The third kappa shape index (κ3) is 5.45. The Bertz CT molecular complexity index is 1050. The zero-order valence-corrected chi connectivity index (χ0v) is 20.0. The van der Waals surface area contributed by atoms with Gasteiger partial charge in [0.2, 0.25) is 0 Å². The molecule has 0 unspecified atom stereocenters. The summed E-state index contributed by atoms with van der Waals surface area (Å²) in [5, 5.41) is 9.21. The van der Waals surface area contributed by atoms with Crippen molar-refractivity contribution in [3.63, 3.8) is 0 Å². The standard InChI is InChI=1S/C26H33ClN4O/c1-31(2)24-15-26(30-23-7-5-4-6-22(23)24)29-21-12-8-18(9-13-21)16-28-17-19-10-11-20(27)14-25(19)32-3/h4-7,10-11,14-15,18,21,28H,8-9,12-13,16-17H2,1-3H3,(H,29,30). The van der Waals surface area contributed by atoms with Crippen molar-refractivity contribution < 1.29 is 4.74 Å². The van der Waals surface area contributed by atoms with Crippen LogP contribution in [0.1, 0.15) is 31.2 Å². The first-order chi connectivity index (χ1) is 15.5. The van der Waals surface area contributed by atoms with E-state index in [9.17, 15) is 0 Å². The number of methoxy groups -OCH3 is 1. The second kappa shape index (κ2) is 10.4. The van der Waals surface area contributed by atoms with Crippen LogP contribution >= 0.6 is 11.6 Å². The number of hydrogen-bond donors (Lipinski definition) is 2. The minimum atomic E-state index is 0.478. The van der Waals surface area contributed by atoms with Gasteiger partial charge in [0.1, 0.15) is 11.6 Å². The molecule has 2 N–H and O–H groups in total. The molecule has 1 aromatic heterocycles. The first-order valence-corrected chi connectivity index (χ1v) is 11.8. The van der Waals surface area contributed by atoms with Crippen molar-refractivity contribution in [3.05, 3.63) is 59.1 Å². The highest BCUT2D eigenvalue weighted by Gasteiger charge is 2.21. The van der Waals surface area contributed by atoms with Gasteiger partial charge in [0.05, 0.1) is 12.6 Å². The normalized spacial score (nSPS) is 18.5. The summed E-state index contributed by atoms with van der Waals surface area (Å²) < 4.78 is 5.45. The molecule has 1 aliphatic carbocycles. The molecule has 0 aliphatic heterocycles. The number of para-hydroxylation sites is 1. The summed E-state index contributed by atoms with van der Waals surface area (Å²) in [6.07, 6.45) is 4.78. The van der Waals surface area contributed by atoms with E-state index in [1.54, 1.807) is 7.11 Å². The maximum absolute atomic E-state index is 6.06. The topological polar surface area (TPSA) is 49.4 Å². The number of pyridine rings is 1. The van der Waals surface area contributed by atoms with Gasteiger partial charge < -0.3 is 20.3 Å². The van der Waals surface area contributed by atoms with Gasteiger partial charge in [0, 0.05) is 54.4 Å². The quantitative estimate of drug-likeness (QED) is 0.457. The van der Waals surface area contributed by atoms with E-state index in [0.29, 0.717) is 17.0 Å². The molecule has 6 heteroatoms. The van der Waals surface area contributed by atoms with Crippen LogP contribution in [0, 0.1) is 5.92 Å². The predicted molar refractivity (Wildman–Crippen MR) is 135 cm³/mol. The van der Waals surface area contributed by atoms with Gasteiger partial charge in [-0.1, -0.05) is 35.9 Å². The van der Waals surface area contributed by atoms with Crippen LogP contribution in [0.3, 0.4) is 0 Å². The first-order valence-electron chi connectivity index (χ1n) is 11.4. The van der Waals surface area contributed by atoms with Gasteiger partial charge in [-0.25, -0.2) is 4.98 Å². The lowest BCUT2D eigenvalue weighted by Gasteiger charge is -2.30. The average Bonchev–Trinajstić information content (AvgIpc) is 2.80. The fraction of sp³-hybridized carbons (Fsp3) is 0.423. The second-order valence-electron chi connectivity index (χ2n) is 8.89. The summed E-state index contributed by atoms with van der Waals surface area (Å²) in [6, 6.07) is 16.8. The summed E-state index contributed by atoms with van der Waals surface area (Å²) in [7, 11) is 5.86. The van der Waals surface area contributed by atoms with Crippen molar-refractivity contribution in [2.75, 3.05) is 38.0 Å². The molecule has 1 aliphatic rings. The Hall–Kier alpha value is -2.50. The van der Waals surface area contributed by atoms with Gasteiger partial charge in [-0.05, 0) is 56.3 Å². The van der Waals surface area contributed by atoms with Crippen LogP contribution < -0.4 is 20.3 Å². The van der Waals surface area contributed by atoms with E-state index in [-0.39, 0.29) is 0 Å². The van der Waals surface area contributed by atoms with Gasteiger partial charge in [-0.3, -0.25) is 0 Å². The van der Waals surface area contributed by atoms with Crippen LogP contribution in [-0.4, -0.2) is 38.8 Å². The number of halogens is 1. The SMILES string of the molecule is COc1cc(Cl)ccc1CNCC1CCC(Nc2cc(N(C)C)c3ccccc3n2)CC1. The van der Waals surface area contributed by atoms with Crippen LogP contribution in [-0.2, 0) is 6.54 Å². The minimum Gasteiger partial charge on any atom is -0.496 e. The number of nitrogens with one attached hydrogen (secondary N) is 2. The van der Waals surface area contributed by atoms with E-state index >= 15 is 0 Å². The summed E-state index contributed by atoms with van der Waals surface area (Å²) in [4.78, 5) is 7.03. The summed E-state index contributed by atoms with van der Waals surface area (Å²) >= 11 is 6.06. The lowest BCUT2D eigenvalue weighted by molar-refractivity contribution is 0.323. The molecule has 5 nitrogen and oxygen atoms in total. The molecular formula is C26H33ClN4O. The van der Waals surface area contributed by atoms with Gasteiger partial charge in [-0.15, -0.1) is 0 Å². The van der Waals surface area contributed by atoms with Crippen molar-refractivity contribution >= 4 is 34.0 Å². The Morgan fingerprint density at radius 2 is 1.84 bits per heavy atom. The van der Waals surface area contributed by atoms with Crippen molar-refractivity contribution in [3.8, 4) is 5.75 Å². The number of benzene rings is 2. The molecular weight excluding hydrogens is 420 g/mol. The molecule has 4 rings (SSSR count). The van der Waals surface area contributed by atoms with E-state index in [2.05, 4.69) is 60.0 Å². The smallest absolute Gasteiger partial charge is 0.128 e. The lowest BCUT2D eigenvalue weighted by atomic mass is 9.86. The summed E-state index contributed by atoms with van der Waals surface area (Å²) in [5.74, 6) is 2.52. The first kappa shape index (κ1) is 22.7. The molecule has 0 spiro atoms. The van der Waals surface area contributed by atoms with Crippen LogP contribution in [0.15, 0.2) is 48.5 Å². The summed E-state index contributed by atoms with van der Waals surface area (Å²) in [6.45, 7) is 1.82. The Balaban J connectivity index is 1.29. The fourth-order valence-corrected chi connectivity index (χ4v) is 4.76. The number of anilines is 2. The Morgan fingerprint density at radius 3 is 2.59 bits per heavy atom. The Labute approximate surface area is 196 Å². The van der Waals surface area contributed by atoms with Gasteiger partial charge >= 0.3 is 0 Å². The molecule has 1 heterocycles. The van der Waals surface area contributed by atoms with E-state index in [1.807, 2.05) is 18.2 Å². The van der Waals surface area contributed by atoms with E-state index < -0.39 is 0 Å². The molecule has 0 radical (unpaired) electrons. The van der Waals surface area contributed by atoms with Crippen LogP contribution in [0.2, 0.25) is 5.02 Å². The number of ether oxygens (including phenoxy) is 1. The number of rotatable bonds is 8. The molecule has 1 fully saturated rings. The molecule has 32 heavy (non-hydrogen) atoms. The lowest BCUT2D eigenvalue weighted by Crippen LogP contribution is -2.31. The Kier molecular flexibility index (Phi) is 7.38. The van der Waals surface area contributed by atoms with E-state index in [4.69, 9.17) is 21.3 Å². The molecule has 0 atom stereocenters. The monoisotopic (exact) mass is 452 g/mol. The van der Waals surface area contributed by atoms with Gasteiger partial charge in [0.25, 0.3) is 0 Å². The molecule has 0 bridgehead atoms. The van der Waals surface area contributed by atoms with Crippen LogP contribution in [0.4, 0.5) is 11.5 Å². The predicted octanol–water partition coefficient (Wildman–Crippen LogP) is 5.72. The highest BCUT2D eigenvalue weighted by molar-refractivity contribution is 6.30. The molecule has 1 saturated carbocycles. The maximum Gasteiger partial charge on any atom is 0.128 e. The molecule has 0 amide bonds. The molecule has 0 saturated heterocycles. The van der Waals surface area contributed by atoms with E-state index in [1.165, 1.54) is 36.8 Å². The average molecular weight is 453 g/mol. The summed E-state index contributed by atoms with van der Waals surface area (Å²) in [5.41, 5.74) is 3.39. The van der Waals surface area contributed by atoms with Gasteiger partial charge in [-0.2, -0.15) is 0 Å². The fourth-order valence-electron chi connectivity index (χ4n) is 4.60. The highest BCUT2D eigenvalue weighted by atomic mass is 35.5. The zero-order valence-electron chi connectivity index (χ0n) is 19.2. The molecule has 2 aromatic carbocycles. The number of hydrogen-bond acceptors (Lipinski definition) is 5.